The summed E-state index contributed by atoms with van der Waals surface area (Å²) in [5, 5.41) is 3.23. The molecule has 0 aliphatic heterocycles. The first-order chi connectivity index (χ1) is 6.93. The van der Waals surface area contributed by atoms with Gasteiger partial charge in [0.25, 0.3) is 0 Å². The third-order valence-corrected chi connectivity index (χ3v) is 2.34. The van der Waals surface area contributed by atoms with Crippen molar-refractivity contribution in [1.29, 1.82) is 0 Å². The highest BCUT2D eigenvalue weighted by molar-refractivity contribution is 5.85. The molecule has 1 heterocycles. The van der Waals surface area contributed by atoms with Crippen LogP contribution in [0, 0.1) is 0 Å². The van der Waals surface area contributed by atoms with Crippen LogP contribution in [0.25, 0.3) is 0 Å². The number of likely N-dealkylation sites (N-methyl/N-ethyl adjacent to an activating group) is 1. The van der Waals surface area contributed by atoms with Gasteiger partial charge in [0.05, 0.1) is 5.54 Å². The highest BCUT2D eigenvalue weighted by Crippen LogP contribution is 2.07. The van der Waals surface area contributed by atoms with Gasteiger partial charge in [-0.25, -0.2) is 0 Å². The topological polar surface area (TPSA) is 48.1 Å². The fraction of sp³-hybridized carbons (Fsp3) is 0.545. The number of amides is 1. The highest BCUT2D eigenvalue weighted by atomic mass is 16.2. The lowest BCUT2D eigenvalue weighted by atomic mass is 10.0. The third-order valence-electron chi connectivity index (χ3n) is 2.34. The van der Waals surface area contributed by atoms with E-state index in [4.69, 9.17) is 0 Å². The van der Waals surface area contributed by atoms with E-state index in [2.05, 4.69) is 10.3 Å². The van der Waals surface area contributed by atoms with Gasteiger partial charge in [-0.05, 0) is 25.5 Å². The van der Waals surface area contributed by atoms with Crippen LogP contribution in [0.1, 0.15) is 19.4 Å². The van der Waals surface area contributed by atoms with Gasteiger partial charge >= 0.3 is 0 Å². The van der Waals surface area contributed by atoms with Gasteiger partial charge in [0.15, 0.2) is 0 Å². The molecule has 0 bridgehead atoms. The van der Waals surface area contributed by atoms with Crippen LogP contribution in [-0.4, -0.2) is 35.4 Å². The van der Waals surface area contributed by atoms with Crippen LogP contribution in [0.3, 0.4) is 0 Å². The Morgan fingerprint density at radius 1 is 1.53 bits per heavy atom. The van der Waals surface area contributed by atoms with Gasteiger partial charge in [-0.1, -0.05) is 0 Å². The fourth-order valence-electron chi connectivity index (χ4n) is 1.43. The lowest BCUT2D eigenvalue weighted by Gasteiger charge is -2.28. The Morgan fingerprint density at radius 2 is 2.20 bits per heavy atom. The zero-order chi connectivity index (χ0) is 11.5. The molecule has 0 aliphatic rings. The molecule has 4 nitrogen and oxygen atoms in total. The Balaban J connectivity index is 2.53. The van der Waals surface area contributed by atoms with Gasteiger partial charge in [-0.2, -0.15) is 0 Å². The molecule has 0 aliphatic carbocycles. The first-order valence-electron chi connectivity index (χ1n) is 5.02. The molecule has 0 aromatic carbocycles. The van der Waals surface area contributed by atoms with Crippen LogP contribution in [0.5, 0.6) is 0 Å². The summed E-state index contributed by atoms with van der Waals surface area (Å²) in [5.74, 6) is 0.0815. The predicted molar refractivity (Wildman–Crippen MR) is 60.4 cm³/mol. The second kappa shape index (κ2) is 4.49. The first kappa shape index (κ1) is 11.8. The molecule has 84 valence electrons. The maximum absolute atomic E-state index is 11.8. The number of hydrogen-bond donors (Lipinski definition) is 2. The van der Waals surface area contributed by atoms with E-state index in [1.165, 1.54) is 0 Å². The minimum absolute atomic E-state index is 0.0815. The molecule has 0 unspecified atom stereocenters. The van der Waals surface area contributed by atoms with E-state index >= 15 is 0 Å². The minimum atomic E-state index is -0.527. The largest absolute Gasteiger partial charge is 0.367 e. The summed E-state index contributed by atoms with van der Waals surface area (Å²) in [5.41, 5.74) is 0.621. The number of carbonyl (C=O) groups excluding carboxylic acids is 1. The fourth-order valence-corrected chi connectivity index (χ4v) is 1.43. The molecular formula is C11H19N3O. The Labute approximate surface area is 90.7 Å². The average molecular weight is 209 g/mol. The van der Waals surface area contributed by atoms with Gasteiger partial charge in [0.1, 0.15) is 0 Å². The Morgan fingerprint density at radius 3 is 2.67 bits per heavy atom. The lowest BCUT2D eigenvalue weighted by molar-refractivity contribution is -0.134. The molecule has 1 rings (SSSR count). The predicted octanol–water partition coefficient (Wildman–Crippen LogP) is 0.971. The van der Waals surface area contributed by atoms with Crippen molar-refractivity contribution in [1.82, 2.24) is 15.2 Å². The zero-order valence-electron chi connectivity index (χ0n) is 9.79. The van der Waals surface area contributed by atoms with Gasteiger partial charge in [-0.3, -0.25) is 10.1 Å². The molecule has 15 heavy (non-hydrogen) atoms. The summed E-state index contributed by atoms with van der Waals surface area (Å²) >= 11 is 0. The van der Waals surface area contributed by atoms with Crippen molar-refractivity contribution in [3.63, 3.8) is 0 Å². The number of aromatic amines is 1. The molecule has 0 saturated carbocycles. The molecule has 4 heteroatoms. The maximum Gasteiger partial charge on any atom is 0.241 e. The number of aromatic nitrogens is 1. The van der Waals surface area contributed by atoms with Crippen molar-refractivity contribution in [3.8, 4) is 0 Å². The second-order valence-electron chi connectivity index (χ2n) is 4.40. The zero-order valence-corrected chi connectivity index (χ0v) is 9.79. The summed E-state index contributed by atoms with van der Waals surface area (Å²) in [4.78, 5) is 16.4. The van der Waals surface area contributed by atoms with Crippen molar-refractivity contribution >= 4 is 5.91 Å². The quantitative estimate of drug-likeness (QED) is 0.776. The molecule has 0 radical (unpaired) electrons. The number of rotatable bonds is 4. The molecule has 1 amide bonds. The minimum Gasteiger partial charge on any atom is -0.367 e. The van der Waals surface area contributed by atoms with Crippen molar-refractivity contribution < 1.29 is 4.79 Å². The standard InChI is InChI=1S/C11H19N3O/c1-11(2,10(15)14(3)4)13-8-9-5-6-12-7-9/h5-7,12-13H,8H2,1-4H3. The van der Waals surface area contributed by atoms with Gasteiger partial charge in [0.2, 0.25) is 5.91 Å². The van der Waals surface area contributed by atoms with E-state index < -0.39 is 5.54 Å². The van der Waals surface area contributed by atoms with E-state index in [0.29, 0.717) is 6.54 Å². The van der Waals surface area contributed by atoms with E-state index in [0.717, 1.165) is 5.56 Å². The van der Waals surface area contributed by atoms with E-state index in [9.17, 15) is 4.79 Å². The Kier molecular flexibility index (Phi) is 3.52. The normalized spacial score (nSPS) is 11.5. The van der Waals surface area contributed by atoms with Gasteiger partial charge < -0.3 is 9.88 Å². The van der Waals surface area contributed by atoms with Crippen LogP contribution < -0.4 is 5.32 Å². The first-order valence-corrected chi connectivity index (χ1v) is 5.02. The Hall–Kier alpha value is -1.29. The molecule has 0 spiro atoms. The van der Waals surface area contributed by atoms with Crippen molar-refractivity contribution in [2.45, 2.75) is 25.9 Å². The van der Waals surface area contributed by atoms with Crippen molar-refractivity contribution in [2.24, 2.45) is 0 Å². The van der Waals surface area contributed by atoms with Gasteiger partial charge in [0, 0.05) is 33.0 Å². The highest BCUT2D eigenvalue weighted by Gasteiger charge is 2.28. The monoisotopic (exact) mass is 209 g/mol. The molecular weight excluding hydrogens is 190 g/mol. The second-order valence-corrected chi connectivity index (χ2v) is 4.40. The summed E-state index contributed by atoms with van der Waals surface area (Å²) in [6.45, 7) is 4.47. The summed E-state index contributed by atoms with van der Waals surface area (Å²) in [6.07, 6.45) is 3.79. The smallest absolute Gasteiger partial charge is 0.241 e. The third kappa shape index (κ3) is 3.09. The number of nitrogens with zero attached hydrogens (tertiary/aromatic N) is 1. The number of carbonyl (C=O) groups is 1. The molecule has 0 saturated heterocycles. The van der Waals surface area contributed by atoms with E-state index in [1.807, 2.05) is 32.3 Å². The van der Waals surface area contributed by atoms with Gasteiger partial charge in [-0.15, -0.1) is 0 Å². The van der Waals surface area contributed by atoms with Crippen LogP contribution in [-0.2, 0) is 11.3 Å². The van der Waals surface area contributed by atoms with Crippen LogP contribution in [0.2, 0.25) is 0 Å². The molecule has 2 N–H and O–H groups in total. The van der Waals surface area contributed by atoms with Crippen molar-refractivity contribution in [3.05, 3.63) is 24.0 Å². The number of hydrogen-bond acceptors (Lipinski definition) is 2. The molecule has 0 fully saturated rings. The summed E-state index contributed by atoms with van der Waals surface area (Å²) in [7, 11) is 3.53. The van der Waals surface area contributed by atoms with Crippen LogP contribution in [0.4, 0.5) is 0 Å². The molecule has 0 atom stereocenters. The number of nitrogens with one attached hydrogen (secondary N) is 2. The Bertz CT molecular complexity index is 315. The van der Waals surface area contributed by atoms with E-state index in [-0.39, 0.29) is 5.91 Å². The molecule has 1 aromatic heterocycles. The SMILES string of the molecule is CN(C)C(=O)C(C)(C)NCc1cc[nH]c1. The summed E-state index contributed by atoms with van der Waals surface area (Å²) < 4.78 is 0. The van der Waals surface area contributed by atoms with Crippen LogP contribution >= 0.6 is 0 Å². The summed E-state index contributed by atoms with van der Waals surface area (Å²) in [6, 6.07) is 1.99. The maximum atomic E-state index is 11.8. The lowest BCUT2D eigenvalue weighted by Crippen LogP contribution is -2.51. The van der Waals surface area contributed by atoms with Crippen LogP contribution in [0.15, 0.2) is 18.5 Å². The van der Waals surface area contributed by atoms with Crippen molar-refractivity contribution in [2.75, 3.05) is 14.1 Å². The average Bonchev–Trinajstić information content (AvgIpc) is 2.66. The molecule has 1 aromatic rings. The number of H-pyrrole nitrogens is 1. The van der Waals surface area contributed by atoms with E-state index in [1.54, 1.807) is 19.0 Å².